The van der Waals surface area contributed by atoms with E-state index in [4.69, 9.17) is 0 Å². The molecule has 1 aliphatic rings. The Hall–Kier alpha value is -1.12. The van der Waals surface area contributed by atoms with Gasteiger partial charge in [-0.3, -0.25) is 0 Å². The fraction of sp³-hybridized carbons (Fsp3) is 0.538. The molecule has 0 aliphatic carbocycles. The van der Waals surface area contributed by atoms with Crippen LogP contribution < -0.4 is 10.0 Å². The summed E-state index contributed by atoms with van der Waals surface area (Å²) in [6.07, 6.45) is 0.683. The van der Waals surface area contributed by atoms with E-state index in [0.29, 0.717) is 19.5 Å². The maximum Gasteiger partial charge on any atom is 0.240 e. The third-order valence-electron chi connectivity index (χ3n) is 3.42. The van der Waals surface area contributed by atoms with Gasteiger partial charge in [-0.2, -0.15) is 0 Å². The molecule has 118 valence electrons. The van der Waals surface area contributed by atoms with E-state index in [1.165, 1.54) is 12.1 Å². The largest absolute Gasteiger partial charge is 0.385 e. The van der Waals surface area contributed by atoms with E-state index in [1.54, 1.807) is 19.1 Å². The molecule has 1 unspecified atom stereocenters. The first kappa shape index (κ1) is 16.3. The van der Waals surface area contributed by atoms with Gasteiger partial charge in [0.05, 0.1) is 16.4 Å². The number of hydrogen-bond donors (Lipinski definition) is 2. The summed E-state index contributed by atoms with van der Waals surface area (Å²) in [5.74, 6) is 0.617. The first-order valence-corrected chi connectivity index (χ1v) is 10.2. The molecule has 1 aromatic rings. The molecule has 21 heavy (non-hydrogen) atoms. The lowest BCUT2D eigenvalue weighted by atomic mass is 10.1. The van der Waals surface area contributed by atoms with Crippen molar-refractivity contribution in [2.75, 3.05) is 29.9 Å². The molecule has 1 fully saturated rings. The summed E-state index contributed by atoms with van der Waals surface area (Å²) in [5, 5.41) is 3.16. The monoisotopic (exact) mass is 332 g/mol. The van der Waals surface area contributed by atoms with Crippen molar-refractivity contribution in [3.63, 3.8) is 0 Å². The van der Waals surface area contributed by atoms with Crippen molar-refractivity contribution >= 4 is 25.5 Å². The molecule has 2 rings (SSSR count). The Morgan fingerprint density at radius 2 is 1.90 bits per heavy atom. The number of sulfonamides is 1. The zero-order chi connectivity index (χ0) is 15.5. The van der Waals surface area contributed by atoms with Gasteiger partial charge in [0, 0.05) is 18.8 Å². The minimum atomic E-state index is -3.43. The Bertz CT molecular complexity index is 681. The lowest BCUT2D eigenvalue weighted by Crippen LogP contribution is -2.23. The number of nitrogens with one attached hydrogen (secondary N) is 2. The van der Waals surface area contributed by atoms with Gasteiger partial charge in [-0.1, -0.05) is 6.92 Å². The fourth-order valence-corrected chi connectivity index (χ4v) is 5.22. The molecule has 0 spiro atoms. The van der Waals surface area contributed by atoms with Crippen molar-refractivity contribution in [1.82, 2.24) is 4.72 Å². The van der Waals surface area contributed by atoms with Crippen molar-refractivity contribution in [3.05, 3.63) is 24.3 Å². The summed E-state index contributed by atoms with van der Waals surface area (Å²) in [5.41, 5.74) is 0.787. The standard InChI is InChI=1S/C13H20N2O4S2/c1-2-15-21(18,19)13-5-3-12(4-6-13)14-9-11-7-8-20(16,17)10-11/h3-6,11,14-15H,2,7-10H2,1H3. The summed E-state index contributed by atoms with van der Waals surface area (Å²) in [4.78, 5) is 0.221. The van der Waals surface area contributed by atoms with Gasteiger partial charge >= 0.3 is 0 Å². The molecular formula is C13H20N2O4S2. The molecule has 0 aromatic heterocycles. The van der Waals surface area contributed by atoms with Gasteiger partial charge in [-0.15, -0.1) is 0 Å². The Labute approximate surface area is 125 Å². The van der Waals surface area contributed by atoms with Crippen LogP contribution in [0.4, 0.5) is 5.69 Å². The van der Waals surface area contributed by atoms with Crippen LogP contribution in [0.3, 0.4) is 0 Å². The maximum absolute atomic E-state index is 11.8. The van der Waals surface area contributed by atoms with Crippen LogP contribution in [0.2, 0.25) is 0 Å². The highest BCUT2D eigenvalue weighted by atomic mass is 32.2. The van der Waals surface area contributed by atoms with E-state index in [-0.39, 0.29) is 22.3 Å². The molecule has 1 heterocycles. The smallest absolute Gasteiger partial charge is 0.240 e. The zero-order valence-corrected chi connectivity index (χ0v) is 13.5. The van der Waals surface area contributed by atoms with E-state index in [0.717, 1.165) is 5.69 Å². The van der Waals surface area contributed by atoms with Gasteiger partial charge in [0.2, 0.25) is 10.0 Å². The van der Waals surface area contributed by atoms with Gasteiger partial charge in [0.25, 0.3) is 0 Å². The third kappa shape index (κ3) is 4.42. The zero-order valence-electron chi connectivity index (χ0n) is 11.9. The number of rotatable bonds is 6. The SMILES string of the molecule is CCNS(=O)(=O)c1ccc(NCC2CCS(=O)(=O)C2)cc1. The number of benzene rings is 1. The van der Waals surface area contributed by atoms with Crippen LogP contribution in [0.15, 0.2) is 29.2 Å². The molecule has 0 amide bonds. The molecular weight excluding hydrogens is 312 g/mol. The summed E-state index contributed by atoms with van der Waals surface area (Å²) >= 11 is 0. The van der Waals surface area contributed by atoms with Crippen molar-refractivity contribution in [3.8, 4) is 0 Å². The molecule has 8 heteroatoms. The molecule has 2 N–H and O–H groups in total. The van der Waals surface area contributed by atoms with E-state index < -0.39 is 19.9 Å². The normalized spacial score (nSPS) is 21.3. The van der Waals surface area contributed by atoms with E-state index >= 15 is 0 Å². The highest BCUT2D eigenvalue weighted by Gasteiger charge is 2.27. The predicted molar refractivity (Wildman–Crippen MR) is 82.6 cm³/mol. The van der Waals surface area contributed by atoms with E-state index in [1.807, 2.05) is 0 Å². The molecule has 1 saturated heterocycles. The summed E-state index contributed by atoms with van der Waals surface area (Å²) in [6.45, 7) is 2.65. The van der Waals surface area contributed by atoms with Gasteiger partial charge < -0.3 is 5.32 Å². The quantitative estimate of drug-likeness (QED) is 0.805. The summed E-state index contributed by atoms with van der Waals surface area (Å²) < 4.78 is 48.7. The van der Waals surface area contributed by atoms with Gasteiger partial charge in [0.1, 0.15) is 0 Å². The Morgan fingerprint density at radius 3 is 2.43 bits per heavy atom. The topological polar surface area (TPSA) is 92.3 Å². The average molecular weight is 332 g/mol. The Balaban J connectivity index is 1.94. The number of hydrogen-bond acceptors (Lipinski definition) is 5. The molecule has 6 nitrogen and oxygen atoms in total. The second-order valence-electron chi connectivity index (χ2n) is 5.18. The maximum atomic E-state index is 11.8. The van der Waals surface area contributed by atoms with E-state index in [9.17, 15) is 16.8 Å². The van der Waals surface area contributed by atoms with E-state index in [2.05, 4.69) is 10.0 Å². The average Bonchev–Trinajstić information content (AvgIpc) is 2.76. The summed E-state index contributed by atoms with van der Waals surface area (Å²) in [7, 11) is -6.29. The van der Waals surface area contributed by atoms with Crippen LogP contribution in [0.1, 0.15) is 13.3 Å². The lowest BCUT2D eigenvalue weighted by Gasteiger charge is -2.11. The van der Waals surface area contributed by atoms with Crippen LogP contribution in [-0.4, -0.2) is 41.4 Å². The molecule has 0 saturated carbocycles. The number of anilines is 1. The lowest BCUT2D eigenvalue weighted by molar-refractivity contribution is 0.583. The van der Waals surface area contributed by atoms with Crippen LogP contribution >= 0.6 is 0 Å². The minimum Gasteiger partial charge on any atom is -0.385 e. The Morgan fingerprint density at radius 1 is 1.24 bits per heavy atom. The predicted octanol–water partition coefficient (Wildman–Crippen LogP) is 0.831. The second kappa shape index (κ2) is 6.33. The van der Waals surface area contributed by atoms with Crippen molar-refractivity contribution in [2.24, 2.45) is 5.92 Å². The third-order valence-corrected chi connectivity index (χ3v) is 6.82. The van der Waals surface area contributed by atoms with Crippen LogP contribution in [-0.2, 0) is 19.9 Å². The highest BCUT2D eigenvalue weighted by molar-refractivity contribution is 7.91. The minimum absolute atomic E-state index is 0.125. The van der Waals surface area contributed by atoms with Crippen LogP contribution in [0.25, 0.3) is 0 Å². The molecule has 1 atom stereocenters. The second-order valence-corrected chi connectivity index (χ2v) is 9.17. The van der Waals surface area contributed by atoms with Crippen molar-refractivity contribution in [2.45, 2.75) is 18.2 Å². The molecule has 0 radical (unpaired) electrons. The van der Waals surface area contributed by atoms with Gasteiger partial charge in [-0.05, 0) is 36.6 Å². The summed E-state index contributed by atoms with van der Waals surface area (Å²) in [6, 6.07) is 6.44. The highest BCUT2D eigenvalue weighted by Crippen LogP contribution is 2.20. The number of sulfone groups is 1. The van der Waals surface area contributed by atoms with Crippen molar-refractivity contribution < 1.29 is 16.8 Å². The first-order valence-electron chi connectivity index (χ1n) is 6.86. The van der Waals surface area contributed by atoms with Crippen molar-refractivity contribution in [1.29, 1.82) is 0 Å². The first-order chi connectivity index (χ1) is 9.82. The Kier molecular flexibility index (Phi) is 4.90. The fourth-order valence-electron chi connectivity index (χ4n) is 2.32. The molecule has 1 aliphatic heterocycles. The van der Waals surface area contributed by atoms with Gasteiger partial charge in [-0.25, -0.2) is 21.6 Å². The molecule has 0 bridgehead atoms. The van der Waals surface area contributed by atoms with Crippen LogP contribution in [0.5, 0.6) is 0 Å². The van der Waals surface area contributed by atoms with Gasteiger partial charge in [0.15, 0.2) is 9.84 Å². The molecule has 1 aromatic carbocycles. The van der Waals surface area contributed by atoms with Crippen LogP contribution in [0, 0.1) is 5.92 Å².